The van der Waals surface area contributed by atoms with Crippen molar-refractivity contribution < 1.29 is 4.74 Å². The van der Waals surface area contributed by atoms with Gasteiger partial charge in [-0.2, -0.15) is 0 Å². The van der Waals surface area contributed by atoms with E-state index in [1.165, 1.54) is 16.8 Å². The van der Waals surface area contributed by atoms with Crippen LogP contribution in [0.25, 0.3) is 0 Å². The Morgan fingerprint density at radius 2 is 1.83 bits per heavy atom. The zero-order valence-corrected chi connectivity index (χ0v) is 11.9. The molecule has 1 rings (SSSR count). The summed E-state index contributed by atoms with van der Waals surface area (Å²) in [5.41, 5.74) is -0.832. The van der Waals surface area contributed by atoms with Crippen molar-refractivity contribution in [3.63, 3.8) is 0 Å². The lowest BCUT2D eigenvalue weighted by Gasteiger charge is -2.21. The van der Waals surface area contributed by atoms with Crippen LogP contribution < -0.4 is 11.2 Å². The second kappa shape index (κ2) is 8.69. The minimum atomic E-state index is -0.439. The molecule has 5 nitrogen and oxygen atoms in total. The number of nitrogens with one attached hydrogen (secondary N) is 1. The van der Waals surface area contributed by atoms with Gasteiger partial charge in [-0.05, 0) is 19.8 Å². The van der Waals surface area contributed by atoms with Crippen molar-refractivity contribution >= 4 is 0 Å². The highest BCUT2D eigenvalue weighted by Crippen LogP contribution is 2.12. The molecule has 0 saturated heterocycles. The molecule has 0 spiro atoms. The average molecular weight is 256 g/mol. The van der Waals surface area contributed by atoms with Crippen molar-refractivity contribution in [1.82, 2.24) is 9.55 Å². The third kappa shape index (κ3) is 4.87. The number of hydrogen-bond donors (Lipinski definition) is 1. The molecule has 0 aromatic carbocycles. The molecule has 1 N–H and O–H groups in total. The predicted molar refractivity (Wildman–Crippen MR) is 72.8 cm³/mol. The predicted octanol–water partition coefficient (Wildman–Crippen LogP) is 2.29. The molecule has 0 aliphatic heterocycles. The molecule has 0 aliphatic carbocycles. The Kier molecular flexibility index (Phi) is 8.03. The van der Waals surface area contributed by atoms with Gasteiger partial charge in [0.15, 0.2) is 0 Å². The van der Waals surface area contributed by atoms with Gasteiger partial charge < -0.3 is 4.74 Å². The van der Waals surface area contributed by atoms with Crippen LogP contribution >= 0.6 is 0 Å². The molecule has 1 aromatic rings. The molecule has 0 fully saturated rings. The number of H-pyrrole nitrogens is 1. The van der Waals surface area contributed by atoms with Gasteiger partial charge in [0.2, 0.25) is 0 Å². The summed E-state index contributed by atoms with van der Waals surface area (Å²) in [5, 5.41) is 0. The van der Waals surface area contributed by atoms with Gasteiger partial charge in [-0.1, -0.05) is 27.7 Å². The topological polar surface area (TPSA) is 64.1 Å². The standard InChI is InChI=1S/C11H18N2O3.C2H6/c1-4-9(5-2)16-8(3)13-7-6-10(14)12-11(13)15;1-2/h6-9H,4-5H2,1-3H3,(H,12,14,15);1-2H3. The Balaban J connectivity index is 0.00000137. The van der Waals surface area contributed by atoms with Gasteiger partial charge in [-0.3, -0.25) is 14.3 Å². The lowest BCUT2D eigenvalue weighted by molar-refractivity contribution is -0.0481. The van der Waals surface area contributed by atoms with Crippen LogP contribution in [0.2, 0.25) is 0 Å². The second-order valence-electron chi connectivity index (χ2n) is 3.69. The monoisotopic (exact) mass is 256 g/mol. The number of aromatic nitrogens is 2. The lowest BCUT2D eigenvalue weighted by Crippen LogP contribution is -2.32. The van der Waals surface area contributed by atoms with Crippen molar-refractivity contribution in [3.8, 4) is 0 Å². The molecule has 104 valence electrons. The molecule has 1 atom stereocenters. The van der Waals surface area contributed by atoms with Gasteiger partial charge in [0.1, 0.15) is 6.23 Å². The van der Waals surface area contributed by atoms with E-state index in [9.17, 15) is 9.59 Å². The van der Waals surface area contributed by atoms with E-state index in [2.05, 4.69) is 4.98 Å². The van der Waals surface area contributed by atoms with E-state index in [4.69, 9.17) is 4.74 Å². The Labute approximate surface area is 108 Å². The number of nitrogens with zero attached hydrogens (tertiary/aromatic N) is 1. The van der Waals surface area contributed by atoms with Gasteiger partial charge in [0, 0.05) is 12.3 Å². The first kappa shape index (κ1) is 16.6. The van der Waals surface area contributed by atoms with Gasteiger partial charge in [0.05, 0.1) is 6.10 Å². The van der Waals surface area contributed by atoms with Crippen LogP contribution in [0.1, 0.15) is 53.7 Å². The minimum Gasteiger partial charge on any atom is -0.355 e. The summed E-state index contributed by atoms with van der Waals surface area (Å²) < 4.78 is 7.07. The molecule has 1 unspecified atom stereocenters. The highest BCUT2D eigenvalue weighted by Gasteiger charge is 2.12. The van der Waals surface area contributed by atoms with Gasteiger partial charge in [0.25, 0.3) is 5.56 Å². The van der Waals surface area contributed by atoms with Crippen molar-refractivity contribution in [2.45, 2.75) is 59.8 Å². The van der Waals surface area contributed by atoms with Crippen molar-refractivity contribution in [3.05, 3.63) is 33.1 Å². The van der Waals surface area contributed by atoms with E-state index >= 15 is 0 Å². The smallest absolute Gasteiger partial charge is 0.330 e. The van der Waals surface area contributed by atoms with Crippen molar-refractivity contribution in [2.24, 2.45) is 0 Å². The summed E-state index contributed by atoms with van der Waals surface area (Å²) in [6.45, 7) is 9.87. The maximum atomic E-state index is 11.5. The summed E-state index contributed by atoms with van der Waals surface area (Å²) in [6.07, 6.45) is 3.02. The number of hydrogen-bond acceptors (Lipinski definition) is 3. The van der Waals surface area contributed by atoms with E-state index < -0.39 is 11.2 Å². The first-order valence-electron chi connectivity index (χ1n) is 6.55. The maximum absolute atomic E-state index is 11.5. The van der Waals surface area contributed by atoms with Crippen LogP contribution in [0.4, 0.5) is 0 Å². The van der Waals surface area contributed by atoms with E-state index in [1.54, 1.807) is 6.92 Å². The largest absolute Gasteiger partial charge is 0.355 e. The fourth-order valence-electron chi connectivity index (χ4n) is 1.54. The maximum Gasteiger partial charge on any atom is 0.330 e. The quantitative estimate of drug-likeness (QED) is 0.879. The summed E-state index contributed by atoms with van der Waals surface area (Å²) in [7, 11) is 0. The van der Waals surface area contributed by atoms with Crippen LogP contribution in [0.15, 0.2) is 21.9 Å². The summed E-state index contributed by atoms with van der Waals surface area (Å²) in [5.74, 6) is 0. The van der Waals surface area contributed by atoms with Crippen LogP contribution in [0, 0.1) is 0 Å². The molecular formula is C13H24N2O3. The average Bonchev–Trinajstić information content (AvgIpc) is 2.38. The van der Waals surface area contributed by atoms with Crippen LogP contribution in [0.3, 0.4) is 0 Å². The Morgan fingerprint density at radius 3 is 2.28 bits per heavy atom. The Morgan fingerprint density at radius 1 is 1.28 bits per heavy atom. The van der Waals surface area contributed by atoms with Crippen molar-refractivity contribution in [2.75, 3.05) is 0 Å². The fraction of sp³-hybridized carbons (Fsp3) is 0.692. The summed E-state index contributed by atoms with van der Waals surface area (Å²) in [4.78, 5) is 24.6. The first-order chi connectivity index (χ1) is 8.58. The van der Waals surface area contributed by atoms with E-state index in [0.717, 1.165) is 12.8 Å². The molecule has 1 aromatic heterocycles. The van der Waals surface area contributed by atoms with E-state index in [0.29, 0.717) is 0 Å². The zero-order chi connectivity index (χ0) is 14.1. The fourth-order valence-corrected chi connectivity index (χ4v) is 1.54. The second-order valence-corrected chi connectivity index (χ2v) is 3.69. The molecule has 0 saturated carbocycles. The molecular weight excluding hydrogens is 232 g/mol. The minimum absolute atomic E-state index is 0.133. The SMILES string of the molecule is CC.CCC(CC)OC(C)n1ccc(=O)[nH]c1=O. The van der Waals surface area contributed by atoms with Crippen LogP contribution in [-0.2, 0) is 4.74 Å². The lowest BCUT2D eigenvalue weighted by atomic mass is 10.2. The normalized spacial score (nSPS) is 11.9. The molecule has 5 heteroatoms. The van der Waals surface area contributed by atoms with Crippen LogP contribution in [0.5, 0.6) is 0 Å². The highest BCUT2D eigenvalue weighted by atomic mass is 16.5. The summed E-state index contributed by atoms with van der Waals surface area (Å²) in [6, 6.07) is 1.31. The van der Waals surface area contributed by atoms with E-state index in [1.807, 2.05) is 27.7 Å². The molecule has 0 aliphatic rings. The van der Waals surface area contributed by atoms with Crippen LogP contribution in [-0.4, -0.2) is 15.7 Å². The highest BCUT2D eigenvalue weighted by molar-refractivity contribution is 4.83. The first-order valence-corrected chi connectivity index (χ1v) is 6.55. The molecule has 1 heterocycles. The third-order valence-corrected chi connectivity index (χ3v) is 2.54. The van der Waals surface area contributed by atoms with Gasteiger partial charge >= 0.3 is 5.69 Å². The number of ether oxygens (including phenoxy) is 1. The number of aromatic amines is 1. The van der Waals surface area contributed by atoms with Gasteiger partial charge in [-0.15, -0.1) is 0 Å². The zero-order valence-electron chi connectivity index (χ0n) is 11.9. The van der Waals surface area contributed by atoms with Crippen molar-refractivity contribution in [1.29, 1.82) is 0 Å². The number of rotatable bonds is 5. The third-order valence-electron chi connectivity index (χ3n) is 2.54. The Hall–Kier alpha value is -1.36. The molecule has 0 bridgehead atoms. The van der Waals surface area contributed by atoms with Gasteiger partial charge in [-0.25, -0.2) is 4.79 Å². The molecule has 18 heavy (non-hydrogen) atoms. The van der Waals surface area contributed by atoms with E-state index in [-0.39, 0.29) is 12.3 Å². The molecule has 0 radical (unpaired) electrons. The molecule has 0 amide bonds. The summed E-state index contributed by atoms with van der Waals surface area (Å²) >= 11 is 0. The Bertz CT molecular complexity index is 432.